The van der Waals surface area contributed by atoms with Crippen LogP contribution in [0.15, 0.2) is 48.5 Å². The fraction of sp³-hybridized carbons (Fsp3) is 0.381. The van der Waals surface area contributed by atoms with Crippen molar-refractivity contribution < 1.29 is 9.53 Å². The molecule has 0 bridgehead atoms. The molecule has 23 heavy (non-hydrogen) atoms. The number of methoxy groups -OCH3 is 1. The minimum Gasteiger partial charge on any atom is -0.497 e. The molecule has 0 unspecified atom stereocenters. The van der Waals surface area contributed by atoms with Gasteiger partial charge in [0.25, 0.3) is 0 Å². The Bertz CT molecular complexity index is 662. The Morgan fingerprint density at radius 1 is 0.870 bits per heavy atom. The lowest BCUT2D eigenvalue weighted by Crippen LogP contribution is -2.30. The van der Waals surface area contributed by atoms with Gasteiger partial charge in [-0.3, -0.25) is 4.79 Å². The highest BCUT2D eigenvalue weighted by molar-refractivity contribution is 5.94. The molecule has 0 N–H and O–H groups in total. The van der Waals surface area contributed by atoms with E-state index in [9.17, 15) is 4.79 Å². The third-order valence-corrected chi connectivity index (χ3v) is 5.19. The molecule has 0 radical (unpaired) electrons. The molecule has 0 aromatic heterocycles. The molecule has 3 rings (SSSR count). The van der Waals surface area contributed by atoms with Crippen LogP contribution in [0.5, 0.6) is 5.75 Å². The lowest BCUT2D eigenvalue weighted by atomic mass is 9.65. The minimum atomic E-state index is 0.0693. The van der Waals surface area contributed by atoms with E-state index in [1.54, 1.807) is 14.0 Å². The first kappa shape index (κ1) is 15.8. The monoisotopic (exact) mass is 308 g/mol. The van der Waals surface area contributed by atoms with Crippen LogP contribution in [0.3, 0.4) is 0 Å². The fourth-order valence-corrected chi connectivity index (χ4v) is 3.83. The Morgan fingerprint density at radius 2 is 1.39 bits per heavy atom. The summed E-state index contributed by atoms with van der Waals surface area (Å²) in [6.45, 7) is 1.62. The van der Waals surface area contributed by atoms with E-state index in [2.05, 4.69) is 36.4 Å². The average Bonchev–Trinajstić information content (AvgIpc) is 2.62. The van der Waals surface area contributed by atoms with E-state index in [1.807, 2.05) is 12.1 Å². The maximum Gasteiger partial charge on any atom is 0.159 e. The van der Waals surface area contributed by atoms with Crippen LogP contribution in [0.1, 0.15) is 60.5 Å². The molecule has 0 saturated heterocycles. The lowest BCUT2D eigenvalue weighted by Gasteiger charge is -2.38. The van der Waals surface area contributed by atoms with Crippen LogP contribution in [-0.2, 0) is 5.41 Å². The third kappa shape index (κ3) is 3.03. The van der Waals surface area contributed by atoms with E-state index in [0.29, 0.717) is 0 Å². The summed E-state index contributed by atoms with van der Waals surface area (Å²) in [6, 6.07) is 16.7. The summed E-state index contributed by atoms with van der Waals surface area (Å²) in [5.74, 6) is 1.02. The Labute approximate surface area is 138 Å². The normalized spacial score (nSPS) is 16.8. The number of carbonyl (C=O) groups excluding carboxylic acids is 1. The van der Waals surface area contributed by atoms with Gasteiger partial charge in [-0.1, -0.05) is 55.7 Å². The van der Waals surface area contributed by atoms with Crippen molar-refractivity contribution in [2.45, 2.75) is 44.4 Å². The predicted molar refractivity (Wildman–Crippen MR) is 93.3 cm³/mol. The van der Waals surface area contributed by atoms with Crippen molar-refractivity contribution in [3.63, 3.8) is 0 Å². The molecule has 0 heterocycles. The van der Waals surface area contributed by atoms with Crippen LogP contribution in [0.4, 0.5) is 0 Å². The molecule has 0 aliphatic heterocycles. The second kappa shape index (κ2) is 6.57. The van der Waals surface area contributed by atoms with E-state index >= 15 is 0 Å². The summed E-state index contributed by atoms with van der Waals surface area (Å²) >= 11 is 0. The molecule has 1 aliphatic carbocycles. The number of rotatable bonds is 4. The molecule has 0 amide bonds. The molecule has 1 fully saturated rings. The van der Waals surface area contributed by atoms with Gasteiger partial charge in [0, 0.05) is 11.0 Å². The van der Waals surface area contributed by atoms with Gasteiger partial charge < -0.3 is 4.74 Å². The van der Waals surface area contributed by atoms with Gasteiger partial charge >= 0.3 is 0 Å². The van der Waals surface area contributed by atoms with Crippen molar-refractivity contribution in [2.24, 2.45) is 0 Å². The highest BCUT2D eigenvalue weighted by Gasteiger charge is 2.35. The summed E-state index contributed by atoms with van der Waals surface area (Å²) in [7, 11) is 1.70. The van der Waals surface area contributed by atoms with Gasteiger partial charge in [-0.15, -0.1) is 0 Å². The van der Waals surface area contributed by atoms with E-state index in [1.165, 1.54) is 43.2 Å². The first-order valence-corrected chi connectivity index (χ1v) is 8.42. The number of ether oxygens (including phenoxy) is 1. The van der Waals surface area contributed by atoms with Crippen LogP contribution in [0.2, 0.25) is 0 Å². The van der Waals surface area contributed by atoms with Crippen molar-refractivity contribution in [1.82, 2.24) is 0 Å². The molecule has 2 heteroatoms. The maximum absolute atomic E-state index is 11.5. The Morgan fingerprint density at radius 3 is 1.87 bits per heavy atom. The van der Waals surface area contributed by atoms with Crippen LogP contribution in [0.25, 0.3) is 0 Å². The summed E-state index contributed by atoms with van der Waals surface area (Å²) < 4.78 is 5.30. The van der Waals surface area contributed by atoms with Gasteiger partial charge in [0.15, 0.2) is 5.78 Å². The van der Waals surface area contributed by atoms with E-state index < -0.39 is 0 Å². The van der Waals surface area contributed by atoms with E-state index in [-0.39, 0.29) is 11.2 Å². The fourth-order valence-electron chi connectivity index (χ4n) is 3.83. The highest BCUT2D eigenvalue weighted by atomic mass is 16.5. The van der Waals surface area contributed by atoms with Crippen molar-refractivity contribution >= 4 is 5.78 Å². The van der Waals surface area contributed by atoms with Crippen molar-refractivity contribution in [3.05, 3.63) is 65.2 Å². The zero-order chi connectivity index (χ0) is 16.3. The lowest BCUT2D eigenvalue weighted by molar-refractivity contribution is 0.101. The van der Waals surface area contributed by atoms with Crippen LogP contribution >= 0.6 is 0 Å². The SMILES string of the molecule is COc1ccc(C2(c3ccc(C(C)=O)cc3)CCCCC2)cc1. The number of carbonyl (C=O) groups is 1. The molecule has 2 nitrogen and oxygen atoms in total. The standard InChI is InChI=1S/C21H24O2/c1-16(22)17-6-8-18(9-7-17)21(14-4-3-5-15-21)19-10-12-20(23-2)13-11-19/h6-13H,3-5,14-15H2,1-2H3. The molecule has 2 aromatic carbocycles. The van der Waals surface area contributed by atoms with Gasteiger partial charge in [0.05, 0.1) is 7.11 Å². The predicted octanol–water partition coefficient (Wildman–Crippen LogP) is 5.15. The Kier molecular flexibility index (Phi) is 4.51. The first-order chi connectivity index (χ1) is 11.2. The summed E-state index contributed by atoms with van der Waals surface area (Å²) in [5, 5.41) is 0. The van der Waals surface area contributed by atoms with Crippen LogP contribution < -0.4 is 4.74 Å². The molecule has 2 aromatic rings. The highest BCUT2D eigenvalue weighted by Crippen LogP contribution is 2.45. The number of hydrogen-bond acceptors (Lipinski definition) is 2. The molecule has 120 valence electrons. The van der Waals surface area contributed by atoms with Gasteiger partial charge in [-0.25, -0.2) is 0 Å². The van der Waals surface area contributed by atoms with E-state index in [0.717, 1.165) is 11.3 Å². The molecular weight excluding hydrogens is 284 g/mol. The second-order valence-electron chi connectivity index (χ2n) is 6.50. The van der Waals surface area contributed by atoms with E-state index in [4.69, 9.17) is 4.74 Å². The molecule has 1 aliphatic rings. The van der Waals surface area contributed by atoms with Crippen LogP contribution in [0, 0.1) is 0 Å². The van der Waals surface area contributed by atoms with Crippen LogP contribution in [-0.4, -0.2) is 12.9 Å². The molecular formula is C21H24O2. The van der Waals surface area contributed by atoms with Crippen molar-refractivity contribution in [1.29, 1.82) is 0 Å². The average molecular weight is 308 g/mol. The number of ketones is 1. The van der Waals surface area contributed by atoms with Gasteiger partial charge in [-0.05, 0) is 43.0 Å². The Hall–Kier alpha value is -2.09. The summed E-state index contributed by atoms with van der Waals surface area (Å²) in [6.07, 6.45) is 6.14. The Balaban J connectivity index is 2.03. The third-order valence-electron chi connectivity index (χ3n) is 5.19. The largest absolute Gasteiger partial charge is 0.497 e. The molecule has 0 atom stereocenters. The van der Waals surface area contributed by atoms with Crippen molar-refractivity contribution in [2.75, 3.05) is 7.11 Å². The molecule has 0 spiro atoms. The quantitative estimate of drug-likeness (QED) is 0.730. The summed E-state index contributed by atoms with van der Waals surface area (Å²) in [5.41, 5.74) is 3.54. The maximum atomic E-state index is 11.5. The van der Waals surface area contributed by atoms with Gasteiger partial charge in [0.1, 0.15) is 5.75 Å². The van der Waals surface area contributed by atoms with Crippen molar-refractivity contribution in [3.8, 4) is 5.75 Å². The topological polar surface area (TPSA) is 26.3 Å². The van der Waals surface area contributed by atoms with Gasteiger partial charge in [0.2, 0.25) is 0 Å². The molecule has 1 saturated carbocycles. The summed E-state index contributed by atoms with van der Waals surface area (Å²) in [4.78, 5) is 11.5. The number of Topliss-reactive ketones (excluding diaryl/α,β-unsaturated/α-hetero) is 1. The minimum absolute atomic E-state index is 0.0693. The number of benzene rings is 2. The zero-order valence-electron chi connectivity index (χ0n) is 14.0. The smallest absolute Gasteiger partial charge is 0.159 e. The zero-order valence-corrected chi connectivity index (χ0v) is 14.0. The first-order valence-electron chi connectivity index (χ1n) is 8.42. The number of hydrogen-bond donors (Lipinski definition) is 0. The van der Waals surface area contributed by atoms with Gasteiger partial charge in [-0.2, -0.15) is 0 Å². The second-order valence-corrected chi connectivity index (χ2v) is 6.50.